The van der Waals surface area contributed by atoms with Crippen LogP contribution in [-0.2, 0) is 6.54 Å². The van der Waals surface area contributed by atoms with Gasteiger partial charge in [0.25, 0.3) is 5.56 Å². The van der Waals surface area contributed by atoms with Gasteiger partial charge in [-0.15, -0.1) is 11.3 Å². The molecule has 0 aliphatic carbocycles. The molecule has 2 heterocycles. The Bertz CT molecular complexity index is 1280. The van der Waals surface area contributed by atoms with Crippen molar-refractivity contribution in [3.8, 4) is 0 Å². The van der Waals surface area contributed by atoms with Gasteiger partial charge in [-0.05, 0) is 49.2 Å². The summed E-state index contributed by atoms with van der Waals surface area (Å²) >= 11 is 1.53. The van der Waals surface area contributed by atoms with Crippen molar-refractivity contribution in [2.24, 2.45) is 0 Å². The standard InChI is InChI=1S/C19H14F3N5OS/c1-9-3-15-16(29-10(2)24-15)6-14(9)25-19-26-17(28)7-23-27(19)8-11-4-12(20)18(22)13(21)5-11/h3-7H,8H2,1-2H3,(H,25,26,28). The van der Waals surface area contributed by atoms with Gasteiger partial charge in [0.15, 0.2) is 17.5 Å². The lowest BCUT2D eigenvalue weighted by Crippen LogP contribution is -2.19. The number of aryl methyl sites for hydroxylation is 2. The van der Waals surface area contributed by atoms with Crippen LogP contribution in [0, 0.1) is 31.3 Å². The Morgan fingerprint density at radius 2 is 1.79 bits per heavy atom. The molecule has 0 unspecified atom stereocenters. The molecule has 0 bridgehead atoms. The molecule has 0 spiro atoms. The lowest BCUT2D eigenvalue weighted by molar-refractivity contribution is 0.444. The van der Waals surface area contributed by atoms with E-state index < -0.39 is 23.0 Å². The van der Waals surface area contributed by atoms with E-state index in [-0.39, 0.29) is 18.1 Å². The zero-order valence-corrected chi connectivity index (χ0v) is 16.1. The minimum atomic E-state index is -1.54. The normalized spacial score (nSPS) is 11.2. The number of halogens is 3. The van der Waals surface area contributed by atoms with Crippen LogP contribution in [0.25, 0.3) is 10.2 Å². The van der Waals surface area contributed by atoms with E-state index in [0.717, 1.165) is 39.1 Å². The first kappa shape index (κ1) is 19.1. The Balaban J connectivity index is 1.72. The number of fused-ring (bicyclic) bond motifs is 1. The number of aromatic nitrogens is 4. The number of anilines is 2. The van der Waals surface area contributed by atoms with Crippen LogP contribution in [0.15, 0.2) is 35.3 Å². The highest BCUT2D eigenvalue weighted by Gasteiger charge is 2.14. The Morgan fingerprint density at radius 1 is 1.07 bits per heavy atom. The molecule has 0 aliphatic heterocycles. The van der Waals surface area contributed by atoms with E-state index in [9.17, 15) is 18.0 Å². The molecule has 2 aromatic carbocycles. The second-order valence-electron chi connectivity index (χ2n) is 6.44. The monoisotopic (exact) mass is 417 g/mol. The first-order valence-electron chi connectivity index (χ1n) is 8.52. The maximum Gasteiger partial charge on any atom is 0.293 e. The third-order valence-corrected chi connectivity index (χ3v) is 5.17. The topological polar surface area (TPSA) is 72.7 Å². The Kier molecular flexibility index (Phi) is 4.79. The lowest BCUT2D eigenvalue weighted by atomic mass is 10.2. The zero-order chi connectivity index (χ0) is 20.7. The van der Waals surface area contributed by atoms with Crippen LogP contribution in [0.4, 0.5) is 24.8 Å². The van der Waals surface area contributed by atoms with Gasteiger partial charge >= 0.3 is 0 Å². The molecule has 29 heavy (non-hydrogen) atoms. The van der Waals surface area contributed by atoms with Crippen molar-refractivity contribution in [3.63, 3.8) is 0 Å². The molecule has 6 nitrogen and oxygen atoms in total. The van der Waals surface area contributed by atoms with Gasteiger partial charge in [0.05, 0.1) is 21.8 Å². The summed E-state index contributed by atoms with van der Waals surface area (Å²) in [6.45, 7) is 3.67. The summed E-state index contributed by atoms with van der Waals surface area (Å²) in [7, 11) is 0. The smallest absolute Gasteiger partial charge is 0.293 e. The van der Waals surface area contributed by atoms with Crippen molar-refractivity contribution in [1.29, 1.82) is 0 Å². The van der Waals surface area contributed by atoms with Crippen LogP contribution in [0.5, 0.6) is 0 Å². The third kappa shape index (κ3) is 3.83. The average molecular weight is 417 g/mol. The minimum Gasteiger partial charge on any atom is -0.324 e. The number of benzene rings is 2. The van der Waals surface area contributed by atoms with E-state index in [1.807, 2.05) is 26.0 Å². The molecule has 2 aromatic heterocycles. The molecule has 4 rings (SSSR count). The fourth-order valence-electron chi connectivity index (χ4n) is 2.89. The number of hydrogen-bond donors (Lipinski definition) is 1. The molecule has 0 radical (unpaired) electrons. The highest BCUT2D eigenvalue weighted by atomic mass is 32.1. The van der Waals surface area contributed by atoms with Gasteiger partial charge in [0.2, 0.25) is 5.95 Å². The van der Waals surface area contributed by atoms with Crippen LogP contribution in [0.3, 0.4) is 0 Å². The quantitative estimate of drug-likeness (QED) is 0.507. The third-order valence-electron chi connectivity index (χ3n) is 4.23. The predicted octanol–water partition coefficient (Wildman–Crippen LogP) is 4.07. The van der Waals surface area contributed by atoms with Crippen molar-refractivity contribution in [1.82, 2.24) is 19.7 Å². The average Bonchev–Trinajstić information content (AvgIpc) is 3.01. The highest BCUT2D eigenvalue weighted by molar-refractivity contribution is 7.18. The molecular weight excluding hydrogens is 403 g/mol. The van der Waals surface area contributed by atoms with E-state index in [2.05, 4.69) is 20.4 Å². The predicted molar refractivity (Wildman–Crippen MR) is 104 cm³/mol. The van der Waals surface area contributed by atoms with Crippen LogP contribution in [0.1, 0.15) is 16.1 Å². The van der Waals surface area contributed by atoms with Gasteiger partial charge in [0.1, 0.15) is 6.20 Å². The summed E-state index contributed by atoms with van der Waals surface area (Å²) in [5.41, 5.74) is 1.97. The maximum absolute atomic E-state index is 13.5. The van der Waals surface area contributed by atoms with Gasteiger partial charge in [-0.2, -0.15) is 10.1 Å². The number of rotatable bonds is 4. The zero-order valence-electron chi connectivity index (χ0n) is 15.3. The molecule has 148 valence electrons. The molecule has 0 saturated carbocycles. The number of hydrogen-bond acceptors (Lipinski definition) is 6. The van der Waals surface area contributed by atoms with Crippen LogP contribution >= 0.6 is 11.3 Å². The van der Waals surface area contributed by atoms with Crippen molar-refractivity contribution in [2.45, 2.75) is 20.4 Å². The Morgan fingerprint density at radius 3 is 2.52 bits per heavy atom. The first-order valence-corrected chi connectivity index (χ1v) is 9.34. The summed E-state index contributed by atoms with van der Waals surface area (Å²) < 4.78 is 42.5. The summed E-state index contributed by atoms with van der Waals surface area (Å²) in [4.78, 5) is 20.1. The number of nitrogens with one attached hydrogen (secondary N) is 1. The van der Waals surface area contributed by atoms with Gasteiger partial charge < -0.3 is 5.32 Å². The summed E-state index contributed by atoms with van der Waals surface area (Å²) in [5.74, 6) is -4.05. The molecule has 0 saturated heterocycles. The molecule has 0 fully saturated rings. The molecule has 0 amide bonds. The first-order chi connectivity index (χ1) is 13.8. The van der Waals surface area contributed by atoms with E-state index >= 15 is 0 Å². The van der Waals surface area contributed by atoms with E-state index in [1.165, 1.54) is 16.0 Å². The second kappa shape index (κ2) is 7.28. The fourth-order valence-corrected chi connectivity index (χ4v) is 3.74. The largest absolute Gasteiger partial charge is 0.324 e. The lowest BCUT2D eigenvalue weighted by Gasteiger charge is -2.14. The Hall–Kier alpha value is -3.27. The van der Waals surface area contributed by atoms with Gasteiger partial charge in [0, 0.05) is 5.69 Å². The molecule has 4 aromatic rings. The summed E-state index contributed by atoms with van der Waals surface area (Å²) in [6.07, 6.45) is 0.990. The second-order valence-corrected chi connectivity index (χ2v) is 7.68. The molecular formula is C19H14F3N5OS. The van der Waals surface area contributed by atoms with Crippen molar-refractivity contribution in [3.05, 3.63) is 74.4 Å². The maximum atomic E-state index is 13.5. The minimum absolute atomic E-state index is 0.0892. The van der Waals surface area contributed by atoms with Crippen LogP contribution in [-0.4, -0.2) is 19.7 Å². The molecule has 0 atom stereocenters. The Labute approximate surface area is 166 Å². The van der Waals surface area contributed by atoms with Gasteiger partial charge in [-0.25, -0.2) is 22.8 Å². The highest BCUT2D eigenvalue weighted by Crippen LogP contribution is 2.29. The molecule has 1 N–H and O–H groups in total. The number of nitrogens with zero attached hydrogens (tertiary/aromatic N) is 4. The van der Waals surface area contributed by atoms with Crippen molar-refractivity contribution in [2.75, 3.05) is 5.32 Å². The summed E-state index contributed by atoms with van der Waals surface area (Å²) in [6, 6.07) is 5.54. The summed E-state index contributed by atoms with van der Waals surface area (Å²) in [5, 5.41) is 7.95. The fraction of sp³-hybridized carbons (Fsp3) is 0.158. The van der Waals surface area contributed by atoms with Crippen molar-refractivity contribution >= 4 is 33.2 Å². The van der Waals surface area contributed by atoms with Crippen LogP contribution < -0.4 is 10.9 Å². The van der Waals surface area contributed by atoms with E-state index in [0.29, 0.717) is 5.69 Å². The van der Waals surface area contributed by atoms with Crippen LogP contribution in [0.2, 0.25) is 0 Å². The van der Waals surface area contributed by atoms with Gasteiger partial charge in [-0.3, -0.25) is 4.79 Å². The number of thiazole rings is 1. The SMILES string of the molecule is Cc1nc2cc(C)c(Nc3nc(=O)cnn3Cc3cc(F)c(F)c(F)c3)cc2s1. The van der Waals surface area contributed by atoms with Gasteiger partial charge in [-0.1, -0.05) is 0 Å². The van der Waals surface area contributed by atoms with Crippen molar-refractivity contribution < 1.29 is 13.2 Å². The molecule has 10 heteroatoms. The van der Waals surface area contributed by atoms with E-state index in [1.54, 1.807) is 0 Å². The molecule has 0 aliphatic rings. The van der Waals surface area contributed by atoms with E-state index in [4.69, 9.17) is 0 Å².